The molecule has 5 heteroatoms. The van der Waals surface area contributed by atoms with Gasteiger partial charge in [-0.1, -0.05) is 0 Å². The van der Waals surface area contributed by atoms with Crippen molar-refractivity contribution in [1.82, 2.24) is 10.2 Å². The Labute approximate surface area is 74.3 Å². The molecule has 64 valence electrons. The van der Waals surface area contributed by atoms with Crippen molar-refractivity contribution in [2.24, 2.45) is 0 Å². The number of carbonyl (C=O) groups excluding carboxylic acids is 1. The fourth-order valence-electron chi connectivity index (χ4n) is 0.676. The van der Waals surface area contributed by atoms with Crippen LogP contribution in [0.15, 0.2) is 17.3 Å². The molecule has 0 saturated heterocycles. The zero-order valence-electron chi connectivity index (χ0n) is 6.77. The van der Waals surface area contributed by atoms with Gasteiger partial charge in [-0.15, -0.1) is 16.9 Å². The first kappa shape index (κ1) is 8.99. The van der Waals surface area contributed by atoms with E-state index in [2.05, 4.69) is 14.9 Å². The summed E-state index contributed by atoms with van der Waals surface area (Å²) in [6, 6.07) is 1.64. The highest BCUT2D eigenvalue weighted by Gasteiger charge is 2.06. The molecule has 0 bridgehead atoms. The van der Waals surface area contributed by atoms with E-state index in [1.807, 2.05) is 6.26 Å². The Bertz CT molecular complexity index is 290. The molecule has 4 nitrogen and oxygen atoms in total. The molecule has 0 aliphatic rings. The zero-order valence-corrected chi connectivity index (χ0v) is 7.59. The number of rotatable bonds is 2. The molecule has 0 saturated carbocycles. The molecule has 0 spiro atoms. The minimum Gasteiger partial charge on any atom is -0.465 e. The molecule has 1 heterocycles. The van der Waals surface area contributed by atoms with Gasteiger partial charge < -0.3 is 4.74 Å². The number of hydrogen-bond acceptors (Lipinski definition) is 5. The Hall–Kier alpha value is -1.10. The van der Waals surface area contributed by atoms with Gasteiger partial charge >= 0.3 is 5.97 Å². The zero-order chi connectivity index (χ0) is 8.97. The fourth-order valence-corrected chi connectivity index (χ4v) is 1.05. The minimum atomic E-state index is -0.389. The number of aromatic nitrogens is 2. The van der Waals surface area contributed by atoms with Crippen LogP contribution >= 0.6 is 11.8 Å². The van der Waals surface area contributed by atoms with E-state index in [0.717, 1.165) is 0 Å². The van der Waals surface area contributed by atoms with E-state index in [4.69, 9.17) is 0 Å². The second kappa shape index (κ2) is 4.06. The molecule has 0 unspecified atom stereocenters. The maximum Gasteiger partial charge on any atom is 0.339 e. The van der Waals surface area contributed by atoms with Crippen LogP contribution < -0.4 is 0 Å². The van der Waals surface area contributed by atoms with Gasteiger partial charge in [-0.25, -0.2) is 4.79 Å². The van der Waals surface area contributed by atoms with Gasteiger partial charge in [0.25, 0.3) is 0 Å². The summed E-state index contributed by atoms with van der Waals surface area (Å²) in [4.78, 5) is 11.0. The smallest absolute Gasteiger partial charge is 0.339 e. The predicted molar refractivity (Wildman–Crippen MR) is 45.2 cm³/mol. The molecule has 0 atom stereocenters. The van der Waals surface area contributed by atoms with Crippen molar-refractivity contribution in [3.05, 3.63) is 17.8 Å². The number of methoxy groups -OCH3 is 1. The van der Waals surface area contributed by atoms with E-state index in [1.165, 1.54) is 25.1 Å². The van der Waals surface area contributed by atoms with Crippen molar-refractivity contribution in [3.63, 3.8) is 0 Å². The summed E-state index contributed by atoms with van der Waals surface area (Å²) in [5.74, 6) is -0.389. The van der Waals surface area contributed by atoms with Crippen LogP contribution in [0.2, 0.25) is 0 Å². The largest absolute Gasteiger partial charge is 0.465 e. The average molecular weight is 184 g/mol. The number of nitrogens with zero attached hydrogens (tertiary/aromatic N) is 2. The van der Waals surface area contributed by atoms with E-state index in [1.54, 1.807) is 6.07 Å². The monoisotopic (exact) mass is 184 g/mol. The SMILES string of the molecule is COC(=O)c1cnnc(SC)c1. The van der Waals surface area contributed by atoms with Crippen molar-refractivity contribution in [2.45, 2.75) is 5.03 Å². The van der Waals surface area contributed by atoms with Gasteiger partial charge in [-0.05, 0) is 12.3 Å². The van der Waals surface area contributed by atoms with Crippen LogP contribution in [-0.4, -0.2) is 29.5 Å². The lowest BCUT2D eigenvalue weighted by atomic mass is 10.3. The van der Waals surface area contributed by atoms with Crippen LogP contribution in [0.5, 0.6) is 0 Å². The summed E-state index contributed by atoms with van der Waals surface area (Å²) in [6.45, 7) is 0. The summed E-state index contributed by atoms with van der Waals surface area (Å²) < 4.78 is 4.52. The topological polar surface area (TPSA) is 52.1 Å². The van der Waals surface area contributed by atoms with Crippen molar-refractivity contribution in [3.8, 4) is 0 Å². The van der Waals surface area contributed by atoms with Crippen LogP contribution in [0.25, 0.3) is 0 Å². The average Bonchev–Trinajstić information content (AvgIpc) is 2.17. The van der Waals surface area contributed by atoms with Gasteiger partial charge in [0.15, 0.2) is 0 Å². The molecule has 1 aromatic heterocycles. The number of ether oxygens (including phenoxy) is 1. The first-order valence-electron chi connectivity index (χ1n) is 3.23. The maximum absolute atomic E-state index is 11.0. The van der Waals surface area contributed by atoms with Gasteiger partial charge in [-0.3, -0.25) is 0 Å². The third-order valence-electron chi connectivity index (χ3n) is 1.26. The lowest BCUT2D eigenvalue weighted by Gasteiger charge is -1.98. The number of thioether (sulfide) groups is 1. The Morgan fingerprint density at radius 1 is 1.67 bits per heavy atom. The first-order valence-corrected chi connectivity index (χ1v) is 4.45. The molecule has 12 heavy (non-hydrogen) atoms. The van der Waals surface area contributed by atoms with Crippen LogP contribution in [0.3, 0.4) is 0 Å². The Morgan fingerprint density at radius 3 is 3.00 bits per heavy atom. The predicted octanol–water partition coefficient (Wildman–Crippen LogP) is 0.985. The molecule has 0 N–H and O–H groups in total. The third-order valence-corrected chi connectivity index (χ3v) is 1.88. The summed E-state index contributed by atoms with van der Waals surface area (Å²) >= 11 is 1.43. The van der Waals surface area contributed by atoms with Crippen LogP contribution in [-0.2, 0) is 4.74 Å². The molecule has 0 amide bonds. The highest BCUT2D eigenvalue weighted by molar-refractivity contribution is 7.98. The quantitative estimate of drug-likeness (QED) is 0.506. The van der Waals surface area contributed by atoms with Gasteiger partial charge in [0.1, 0.15) is 5.03 Å². The van der Waals surface area contributed by atoms with E-state index in [9.17, 15) is 4.79 Å². The fraction of sp³-hybridized carbons (Fsp3) is 0.286. The molecule has 0 aliphatic carbocycles. The number of esters is 1. The molecular formula is C7H8N2O2S. The second-order valence-corrected chi connectivity index (χ2v) is 2.80. The van der Waals surface area contributed by atoms with Crippen LogP contribution in [0, 0.1) is 0 Å². The van der Waals surface area contributed by atoms with Gasteiger partial charge in [-0.2, -0.15) is 5.10 Å². The Balaban J connectivity index is 2.93. The second-order valence-electron chi connectivity index (χ2n) is 1.98. The molecule has 0 radical (unpaired) electrons. The molecule has 0 aliphatic heterocycles. The first-order chi connectivity index (χ1) is 5.77. The van der Waals surface area contributed by atoms with Gasteiger partial charge in [0.2, 0.25) is 0 Å². The molecule has 1 rings (SSSR count). The highest BCUT2D eigenvalue weighted by atomic mass is 32.2. The van der Waals surface area contributed by atoms with Gasteiger partial charge in [0, 0.05) is 0 Å². The summed E-state index contributed by atoms with van der Waals surface area (Å²) in [5.41, 5.74) is 0.428. The summed E-state index contributed by atoms with van der Waals surface area (Å²) in [7, 11) is 1.33. The van der Waals surface area contributed by atoms with Gasteiger partial charge in [0.05, 0.1) is 18.9 Å². The number of carbonyl (C=O) groups is 1. The normalized spacial score (nSPS) is 9.50. The molecule has 0 aromatic carbocycles. The van der Waals surface area contributed by atoms with E-state index < -0.39 is 0 Å². The summed E-state index contributed by atoms with van der Waals surface area (Å²) in [6.07, 6.45) is 3.25. The highest BCUT2D eigenvalue weighted by Crippen LogP contribution is 2.11. The lowest BCUT2D eigenvalue weighted by Crippen LogP contribution is -2.02. The van der Waals surface area contributed by atoms with Crippen molar-refractivity contribution in [1.29, 1.82) is 0 Å². The summed E-state index contributed by atoms with van der Waals surface area (Å²) in [5, 5.41) is 8.14. The van der Waals surface area contributed by atoms with E-state index in [0.29, 0.717) is 10.6 Å². The molecular weight excluding hydrogens is 176 g/mol. The van der Waals surface area contributed by atoms with E-state index in [-0.39, 0.29) is 5.97 Å². The molecule has 1 aromatic rings. The van der Waals surface area contributed by atoms with Crippen molar-refractivity contribution < 1.29 is 9.53 Å². The lowest BCUT2D eigenvalue weighted by molar-refractivity contribution is 0.0599. The third kappa shape index (κ3) is 1.94. The van der Waals surface area contributed by atoms with Crippen molar-refractivity contribution in [2.75, 3.05) is 13.4 Å². The van der Waals surface area contributed by atoms with Crippen LogP contribution in [0.1, 0.15) is 10.4 Å². The Kier molecular flexibility index (Phi) is 3.04. The van der Waals surface area contributed by atoms with Crippen LogP contribution in [0.4, 0.5) is 0 Å². The standard InChI is InChI=1S/C7H8N2O2S/c1-11-7(10)5-3-6(12-2)9-8-4-5/h3-4H,1-2H3. The number of hydrogen-bond donors (Lipinski definition) is 0. The Morgan fingerprint density at radius 2 is 2.42 bits per heavy atom. The van der Waals surface area contributed by atoms with Crippen molar-refractivity contribution >= 4 is 17.7 Å². The maximum atomic E-state index is 11.0. The van der Waals surface area contributed by atoms with E-state index >= 15 is 0 Å². The minimum absolute atomic E-state index is 0.389. The molecule has 0 fully saturated rings.